The zero-order chi connectivity index (χ0) is 13.0. The Morgan fingerprint density at radius 3 is 3.06 bits per heavy atom. The number of aryl methyl sites for hydroxylation is 2. The van der Waals surface area contributed by atoms with E-state index in [-0.39, 0.29) is 0 Å². The molecule has 0 spiro atoms. The highest BCUT2D eigenvalue weighted by molar-refractivity contribution is 5.09. The molecule has 18 heavy (non-hydrogen) atoms. The van der Waals surface area contributed by atoms with Crippen LogP contribution in [0.15, 0.2) is 6.07 Å². The first kappa shape index (κ1) is 13.6. The van der Waals surface area contributed by atoms with Gasteiger partial charge in [-0.2, -0.15) is 5.10 Å². The number of nitrogens with two attached hydrogens (primary N) is 1. The van der Waals surface area contributed by atoms with Crippen molar-refractivity contribution in [1.82, 2.24) is 14.7 Å². The van der Waals surface area contributed by atoms with Crippen molar-refractivity contribution in [3.8, 4) is 0 Å². The molecule has 102 valence electrons. The van der Waals surface area contributed by atoms with Crippen molar-refractivity contribution in [2.45, 2.75) is 58.7 Å². The quantitative estimate of drug-likeness (QED) is 0.839. The lowest BCUT2D eigenvalue weighted by Gasteiger charge is -2.24. The first-order valence-corrected chi connectivity index (χ1v) is 7.22. The predicted molar refractivity (Wildman–Crippen MR) is 74.4 cm³/mol. The van der Waals surface area contributed by atoms with Crippen molar-refractivity contribution in [2.24, 2.45) is 5.73 Å². The first-order chi connectivity index (χ1) is 8.74. The second-order valence-electron chi connectivity index (χ2n) is 5.29. The van der Waals surface area contributed by atoms with Crippen LogP contribution < -0.4 is 5.73 Å². The molecule has 0 saturated carbocycles. The minimum atomic E-state index is 0.731. The molecule has 1 saturated heterocycles. The molecule has 2 heterocycles. The summed E-state index contributed by atoms with van der Waals surface area (Å²) >= 11 is 0. The predicted octanol–water partition coefficient (Wildman–Crippen LogP) is 1.91. The summed E-state index contributed by atoms with van der Waals surface area (Å²) in [7, 11) is 0. The van der Waals surface area contributed by atoms with E-state index in [1.165, 1.54) is 31.5 Å². The first-order valence-electron chi connectivity index (χ1n) is 7.22. The summed E-state index contributed by atoms with van der Waals surface area (Å²) in [6.07, 6.45) is 5.05. The van der Waals surface area contributed by atoms with Gasteiger partial charge in [0.1, 0.15) is 0 Å². The van der Waals surface area contributed by atoms with Gasteiger partial charge in [0.15, 0.2) is 0 Å². The summed E-state index contributed by atoms with van der Waals surface area (Å²) in [6.45, 7) is 8.28. The van der Waals surface area contributed by atoms with Gasteiger partial charge in [-0.3, -0.25) is 9.58 Å². The molecule has 1 atom stereocenters. The van der Waals surface area contributed by atoms with Crippen molar-refractivity contribution in [3.05, 3.63) is 17.5 Å². The Morgan fingerprint density at radius 2 is 2.33 bits per heavy atom. The molecule has 2 N–H and O–H groups in total. The van der Waals surface area contributed by atoms with Crippen LogP contribution in [-0.4, -0.2) is 33.8 Å². The zero-order valence-electron chi connectivity index (χ0n) is 11.7. The third-order valence-electron chi connectivity index (χ3n) is 3.89. The number of nitrogens with zero attached hydrogens (tertiary/aromatic N) is 3. The van der Waals surface area contributed by atoms with Crippen LogP contribution in [0.25, 0.3) is 0 Å². The maximum atomic E-state index is 5.62. The van der Waals surface area contributed by atoms with Crippen LogP contribution in [0, 0.1) is 6.92 Å². The molecule has 0 bridgehead atoms. The van der Waals surface area contributed by atoms with E-state index in [4.69, 9.17) is 5.73 Å². The summed E-state index contributed by atoms with van der Waals surface area (Å²) < 4.78 is 2.13. The van der Waals surface area contributed by atoms with Gasteiger partial charge in [-0.25, -0.2) is 0 Å². The SMILES string of the molecule is CCn1nc(C)cc1CN1CCCC1CCCN. The average molecular weight is 250 g/mol. The van der Waals surface area contributed by atoms with Gasteiger partial charge in [-0.15, -0.1) is 0 Å². The second kappa shape index (κ2) is 6.34. The summed E-state index contributed by atoms with van der Waals surface area (Å²) in [5, 5.41) is 4.53. The molecule has 0 radical (unpaired) electrons. The van der Waals surface area contributed by atoms with Gasteiger partial charge in [0, 0.05) is 19.1 Å². The van der Waals surface area contributed by atoms with E-state index in [1.807, 2.05) is 0 Å². The lowest BCUT2D eigenvalue weighted by Crippen LogP contribution is -2.30. The van der Waals surface area contributed by atoms with Gasteiger partial charge in [-0.05, 0) is 58.7 Å². The molecule has 2 rings (SSSR count). The highest BCUT2D eigenvalue weighted by Gasteiger charge is 2.24. The van der Waals surface area contributed by atoms with Crippen molar-refractivity contribution >= 4 is 0 Å². The Labute approximate surface area is 110 Å². The molecular weight excluding hydrogens is 224 g/mol. The highest BCUT2D eigenvalue weighted by Crippen LogP contribution is 2.23. The highest BCUT2D eigenvalue weighted by atomic mass is 15.3. The lowest BCUT2D eigenvalue weighted by molar-refractivity contribution is 0.226. The van der Waals surface area contributed by atoms with Crippen LogP contribution in [0.3, 0.4) is 0 Å². The number of hydrogen-bond donors (Lipinski definition) is 1. The fourth-order valence-electron chi connectivity index (χ4n) is 2.99. The van der Waals surface area contributed by atoms with Gasteiger partial charge in [0.2, 0.25) is 0 Å². The van der Waals surface area contributed by atoms with Crippen LogP contribution in [0.4, 0.5) is 0 Å². The molecule has 4 heteroatoms. The van der Waals surface area contributed by atoms with Gasteiger partial charge in [0.25, 0.3) is 0 Å². The third kappa shape index (κ3) is 3.12. The van der Waals surface area contributed by atoms with Gasteiger partial charge >= 0.3 is 0 Å². The average Bonchev–Trinajstić information content (AvgIpc) is 2.94. The van der Waals surface area contributed by atoms with Crippen molar-refractivity contribution in [3.63, 3.8) is 0 Å². The Kier molecular flexibility index (Phi) is 4.78. The fraction of sp³-hybridized carbons (Fsp3) is 0.786. The largest absolute Gasteiger partial charge is 0.330 e. The number of likely N-dealkylation sites (tertiary alicyclic amines) is 1. The normalized spacial score (nSPS) is 20.7. The molecule has 0 amide bonds. The molecule has 1 aliphatic heterocycles. The molecule has 1 aliphatic rings. The maximum absolute atomic E-state index is 5.62. The number of aromatic nitrogens is 2. The van der Waals surface area contributed by atoms with E-state index in [2.05, 4.69) is 34.6 Å². The van der Waals surface area contributed by atoms with E-state index in [0.29, 0.717) is 0 Å². The molecule has 4 nitrogen and oxygen atoms in total. The Morgan fingerprint density at radius 1 is 1.50 bits per heavy atom. The van der Waals surface area contributed by atoms with Gasteiger partial charge < -0.3 is 5.73 Å². The van der Waals surface area contributed by atoms with E-state index >= 15 is 0 Å². The fourth-order valence-corrected chi connectivity index (χ4v) is 2.99. The van der Waals surface area contributed by atoms with E-state index in [9.17, 15) is 0 Å². The Balaban J connectivity index is 1.98. The zero-order valence-corrected chi connectivity index (χ0v) is 11.7. The van der Waals surface area contributed by atoms with Crippen molar-refractivity contribution in [2.75, 3.05) is 13.1 Å². The van der Waals surface area contributed by atoms with E-state index < -0.39 is 0 Å². The van der Waals surface area contributed by atoms with E-state index in [0.717, 1.165) is 37.8 Å². The lowest BCUT2D eigenvalue weighted by atomic mass is 10.1. The topological polar surface area (TPSA) is 47.1 Å². The van der Waals surface area contributed by atoms with Crippen molar-refractivity contribution < 1.29 is 0 Å². The third-order valence-corrected chi connectivity index (χ3v) is 3.89. The monoisotopic (exact) mass is 250 g/mol. The summed E-state index contributed by atoms with van der Waals surface area (Å²) in [5.41, 5.74) is 8.11. The second-order valence-corrected chi connectivity index (χ2v) is 5.29. The summed E-state index contributed by atoms with van der Waals surface area (Å²) in [5.74, 6) is 0. The maximum Gasteiger partial charge on any atom is 0.0597 e. The molecular formula is C14H26N4. The molecule has 1 unspecified atom stereocenters. The minimum absolute atomic E-state index is 0.731. The standard InChI is InChI=1S/C14H26N4/c1-3-18-14(10-12(2)16-18)11-17-9-5-7-13(17)6-4-8-15/h10,13H,3-9,11,15H2,1-2H3. The summed E-state index contributed by atoms with van der Waals surface area (Å²) in [4.78, 5) is 2.61. The molecule has 0 aromatic carbocycles. The molecule has 1 aromatic heterocycles. The minimum Gasteiger partial charge on any atom is -0.330 e. The van der Waals surface area contributed by atoms with Crippen LogP contribution >= 0.6 is 0 Å². The smallest absolute Gasteiger partial charge is 0.0597 e. The van der Waals surface area contributed by atoms with E-state index in [1.54, 1.807) is 0 Å². The van der Waals surface area contributed by atoms with Crippen LogP contribution in [0.5, 0.6) is 0 Å². The molecule has 1 fully saturated rings. The molecule has 0 aliphatic carbocycles. The van der Waals surface area contributed by atoms with Crippen LogP contribution in [0.2, 0.25) is 0 Å². The Bertz CT molecular complexity index is 372. The van der Waals surface area contributed by atoms with Crippen LogP contribution in [-0.2, 0) is 13.1 Å². The number of rotatable bonds is 6. The summed E-state index contributed by atoms with van der Waals surface area (Å²) in [6, 6.07) is 2.95. The van der Waals surface area contributed by atoms with Crippen LogP contribution in [0.1, 0.15) is 44.0 Å². The van der Waals surface area contributed by atoms with Crippen molar-refractivity contribution in [1.29, 1.82) is 0 Å². The van der Waals surface area contributed by atoms with Gasteiger partial charge in [0.05, 0.1) is 11.4 Å². The van der Waals surface area contributed by atoms with Gasteiger partial charge in [-0.1, -0.05) is 0 Å². The molecule has 1 aromatic rings. The Hall–Kier alpha value is -0.870. The number of hydrogen-bond acceptors (Lipinski definition) is 3.